The number of hydrogen-bond donors (Lipinski definition) is 0. The Labute approximate surface area is 172 Å². The molecule has 0 radical (unpaired) electrons. The van der Waals surface area contributed by atoms with Crippen LogP contribution in [-0.2, 0) is 0 Å². The Hall–Kier alpha value is 1.56. The van der Waals surface area contributed by atoms with E-state index in [2.05, 4.69) is 44.7 Å². The molecule has 20 heavy (non-hydrogen) atoms. The summed E-state index contributed by atoms with van der Waals surface area (Å²) in [6.45, 7) is 20.3. The summed E-state index contributed by atoms with van der Waals surface area (Å²) in [6.07, 6.45) is 4.05. The van der Waals surface area contributed by atoms with Crippen LogP contribution in [0.5, 0.6) is 0 Å². The Balaban J connectivity index is -0.000000224. The first-order chi connectivity index (χ1) is 8.91. The molecular weight excluding hydrogens is 271 g/mol. The second-order valence-corrected chi connectivity index (χ2v) is 5.77. The number of nitrogens with zero attached hydrogens (tertiary/aromatic N) is 2. The first kappa shape index (κ1) is 26.5. The van der Waals surface area contributed by atoms with Crippen LogP contribution in [0.15, 0.2) is 0 Å². The van der Waals surface area contributed by atoms with Gasteiger partial charge in [0.25, 0.3) is 0 Å². The largest absolute Gasteiger partial charge is 1.00 e. The zero-order valence-electron chi connectivity index (χ0n) is 15.9. The predicted molar refractivity (Wildman–Crippen MR) is 89.6 cm³/mol. The maximum atomic E-state index is 4.08. The van der Waals surface area contributed by atoms with E-state index in [0.717, 1.165) is 12.6 Å². The summed E-state index contributed by atoms with van der Waals surface area (Å²) in [5.41, 5.74) is 0.342. The van der Waals surface area contributed by atoms with Crippen molar-refractivity contribution in [2.24, 2.45) is 5.41 Å². The minimum absolute atomic E-state index is 0. The Morgan fingerprint density at radius 3 is 1.65 bits per heavy atom. The van der Waals surface area contributed by atoms with Crippen molar-refractivity contribution in [2.75, 3.05) is 33.7 Å². The second kappa shape index (κ2) is 15.5. The number of hydrogen-bond acceptors (Lipinski definition) is 2. The van der Waals surface area contributed by atoms with E-state index in [1.54, 1.807) is 0 Å². The van der Waals surface area contributed by atoms with Crippen LogP contribution in [0.3, 0.4) is 0 Å². The van der Waals surface area contributed by atoms with Gasteiger partial charge in [0, 0.05) is 6.04 Å². The fourth-order valence-corrected chi connectivity index (χ4v) is 2.35. The molecule has 0 spiro atoms. The van der Waals surface area contributed by atoms with Crippen molar-refractivity contribution in [1.82, 2.24) is 9.80 Å². The van der Waals surface area contributed by atoms with Crippen LogP contribution in [0, 0.1) is 12.3 Å². The molecule has 0 aromatic heterocycles. The molecule has 0 saturated carbocycles. The second-order valence-electron chi connectivity index (χ2n) is 5.77. The van der Waals surface area contributed by atoms with Crippen molar-refractivity contribution in [2.45, 2.75) is 66.8 Å². The molecule has 2 fully saturated rings. The summed E-state index contributed by atoms with van der Waals surface area (Å²) in [4.78, 5) is 4.73. The molecule has 0 aromatic carbocycles. The zero-order chi connectivity index (χ0) is 15.5. The monoisotopic (exact) mass is 310 g/mol. The third-order valence-corrected chi connectivity index (χ3v) is 3.63. The summed E-state index contributed by atoms with van der Waals surface area (Å²) in [5, 5.41) is 0. The Bertz CT molecular complexity index is 187. The van der Waals surface area contributed by atoms with Gasteiger partial charge in [-0.3, -0.25) is 0 Å². The first-order valence-electron chi connectivity index (χ1n) is 8.15. The standard InChI is InChI=1S/C7H14N.C6H13N.2C2H6.K/c1-7(2)4-5-8(3)6-7;1-6-4-3-5-7(6)2;2*1-2;/h1,4-6H2,2-3H3;6H,3-5H2,1-2H3;2*1-2H3;/q-1;;;;+1. The average Bonchev–Trinajstić information content (AvgIpc) is 2.91. The van der Waals surface area contributed by atoms with Crippen LogP contribution < -0.4 is 51.4 Å². The smallest absolute Gasteiger partial charge is 0.336 e. The fraction of sp³-hybridized carbons (Fsp3) is 0.941. The Morgan fingerprint density at radius 1 is 1.05 bits per heavy atom. The van der Waals surface area contributed by atoms with Crippen LogP contribution in [0.25, 0.3) is 0 Å². The van der Waals surface area contributed by atoms with Gasteiger partial charge in [-0.15, -0.1) is 5.41 Å². The molecule has 2 rings (SSSR count). The minimum atomic E-state index is 0. The molecule has 2 aliphatic rings. The van der Waals surface area contributed by atoms with E-state index in [1.165, 1.54) is 32.4 Å². The van der Waals surface area contributed by atoms with Crippen molar-refractivity contribution in [3.63, 3.8) is 0 Å². The summed E-state index contributed by atoms with van der Waals surface area (Å²) in [6, 6.07) is 0.847. The van der Waals surface area contributed by atoms with E-state index >= 15 is 0 Å². The average molecular weight is 311 g/mol. The normalized spacial score (nSPS) is 28.9. The summed E-state index contributed by atoms with van der Waals surface area (Å²) < 4.78 is 0. The van der Waals surface area contributed by atoms with E-state index < -0.39 is 0 Å². The molecular formula is C17H39KN2. The summed E-state index contributed by atoms with van der Waals surface area (Å²) >= 11 is 0. The van der Waals surface area contributed by atoms with Crippen LogP contribution in [0.1, 0.15) is 60.8 Å². The SMILES string of the molecule is CC.CC.CC1CCCN1C.[CH2-]C1(C)CCN(C)C1.[K+]. The van der Waals surface area contributed by atoms with Gasteiger partial charge >= 0.3 is 51.4 Å². The molecule has 118 valence electrons. The van der Waals surface area contributed by atoms with Crippen LogP contribution in [-0.4, -0.2) is 49.6 Å². The Kier molecular flexibility index (Phi) is 20.4. The van der Waals surface area contributed by atoms with E-state index in [-0.39, 0.29) is 51.4 Å². The van der Waals surface area contributed by atoms with Gasteiger partial charge in [0.2, 0.25) is 0 Å². The Morgan fingerprint density at radius 2 is 1.55 bits per heavy atom. The van der Waals surface area contributed by atoms with Gasteiger partial charge in [-0.05, 0) is 53.5 Å². The van der Waals surface area contributed by atoms with E-state index in [4.69, 9.17) is 0 Å². The topological polar surface area (TPSA) is 6.48 Å². The third kappa shape index (κ3) is 13.2. The van der Waals surface area contributed by atoms with Gasteiger partial charge in [0.15, 0.2) is 0 Å². The first-order valence-corrected chi connectivity index (χ1v) is 8.15. The molecule has 0 aromatic rings. The van der Waals surface area contributed by atoms with Gasteiger partial charge < -0.3 is 16.7 Å². The van der Waals surface area contributed by atoms with Gasteiger partial charge in [0.05, 0.1) is 0 Å². The third-order valence-electron chi connectivity index (χ3n) is 3.63. The fourth-order valence-electron chi connectivity index (χ4n) is 2.35. The molecule has 2 heterocycles. The molecule has 0 aliphatic carbocycles. The zero-order valence-corrected chi connectivity index (χ0v) is 19.0. The quantitative estimate of drug-likeness (QED) is 0.492. The predicted octanol–water partition coefficient (Wildman–Crippen LogP) is 1.32. The number of rotatable bonds is 0. The maximum absolute atomic E-state index is 4.08. The van der Waals surface area contributed by atoms with Crippen LogP contribution in [0.2, 0.25) is 0 Å². The van der Waals surface area contributed by atoms with Gasteiger partial charge in [-0.2, -0.15) is 0 Å². The summed E-state index contributed by atoms with van der Waals surface area (Å²) in [7, 11) is 4.34. The molecule has 2 aliphatic heterocycles. The summed E-state index contributed by atoms with van der Waals surface area (Å²) in [5.74, 6) is 0. The molecule has 2 unspecified atom stereocenters. The van der Waals surface area contributed by atoms with Crippen molar-refractivity contribution in [3.8, 4) is 0 Å². The van der Waals surface area contributed by atoms with Crippen LogP contribution in [0.4, 0.5) is 0 Å². The molecule has 2 saturated heterocycles. The molecule has 0 bridgehead atoms. The van der Waals surface area contributed by atoms with Crippen molar-refractivity contribution >= 4 is 0 Å². The van der Waals surface area contributed by atoms with Gasteiger partial charge in [0.1, 0.15) is 0 Å². The van der Waals surface area contributed by atoms with E-state index in [1.807, 2.05) is 27.7 Å². The van der Waals surface area contributed by atoms with E-state index in [9.17, 15) is 0 Å². The maximum Gasteiger partial charge on any atom is 1.00 e. The van der Waals surface area contributed by atoms with Gasteiger partial charge in [-0.25, -0.2) is 0 Å². The minimum Gasteiger partial charge on any atom is -0.336 e. The molecule has 2 nitrogen and oxygen atoms in total. The molecule has 0 N–H and O–H groups in total. The van der Waals surface area contributed by atoms with Crippen molar-refractivity contribution in [3.05, 3.63) is 6.92 Å². The van der Waals surface area contributed by atoms with Crippen LogP contribution >= 0.6 is 0 Å². The van der Waals surface area contributed by atoms with Crippen molar-refractivity contribution < 1.29 is 51.4 Å². The molecule has 3 heteroatoms. The van der Waals surface area contributed by atoms with E-state index in [0.29, 0.717) is 5.41 Å². The van der Waals surface area contributed by atoms with Gasteiger partial charge in [-0.1, -0.05) is 41.0 Å². The number of likely N-dealkylation sites (tertiary alicyclic amines) is 2. The van der Waals surface area contributed by atoms with Crippen molar-refractivity contribution in [1.29, 1.82) is 0 Å². The molecule has 2 atom stereocenters. The molecule has 0 amide bonds.